The standard InChI is InChI=1S/C9H9F2NO4S/c1-5(9(13)14)12-17(15,16)8-3-6(10)2-7(11)4-8/h2-5,12H,1H3,(H,13,14)/t5-/m0/s1. The number of benzene rings is 1. The number of aliphatic carboxylic acids is 1. The summed E-state index contributed by atoms with van der Waals surface area (Å²) in [6.45, 7) is 1.09. The molecule has 0 saturated carbocycles. The molecule has 17 heavy (non-hydrogen) atoms. The first-order valence-corrected chi connectivity index (χ1v) is 5.92. The van der Waals surface area contributed by atoms with Crippen molar-refractivity contribution in [1.82, 2.24) is 4.72 Å². The van der Waals surface area contributed by atoms with E-state index in [9.17, 15) is 22.0 Å². The summed E-state index contributed by atoms with van der Waals surface area (Å²) in [6.07, 6.45) is 0. The van der Waals surface area contributed by atoms with Gasteiger partial charge in [-0.05, 0) is 19.1 Å². The zero-order valence-electron chi connectivity index (χ0n) is 8.65. The summed E-state index contributed by atoms with van der Waals surface area (Å²) in [5, 5.41) is 8.53. The molecule has 0 aliphatic heterocycles. The summed E-state index contributed by atoms with van der Waals surface area (Å²) in [5.74, 6) is -3.52. The molecule has 1 atom stereocenters. The van der Waals surface area contributed by atoms with Crippen LogP contribution in [0, 0.1) is 11.6 Å². The van der Waals surface area contributed by atoms with Crippen molar-refractivity contribution in [2.24, 2.45) is 0 Å². The highest BCUT2D eigenvalue weighted by atomic mass is 32.2. The highest BCUT2D eigenvalue weighted by molar-refractivity contribution is 7.89. The van der Waals surface area contributed by atoms with Crippen LogP contribution in [0.2, 0.25) is 0 Å². The van der Waals surface area contributed by atoms with Gasteiger partial charge in [-0.1, -0.05) is 0 Å². The van der Waals surface area contributed by atoms with Crippen LogP contribution in [0.5, 0.6) is 0 Å². The van der Waals surface area contributed by atoms with Gasteiger partial charge in [0.2, 0.25) is 10.0 Å². The van der Waals surface area contributed by atoms with Crippen molar-refractivity contribution in [2.75, 3.05) is 0 Å². The topological polar surface area (TPSA) is 83.5 Å². The normalized spacial score (nSPS) is 13.4. The third-order valence-corrected chi connectivity index (χ3v) is 3.37. The lowest BCUT2D eigenvalue weighted by atomic mass is 10.3. The van der Waals surface area contributed by atoms with Crippen molar-refractivity contribution in [3.05, 3.63) is 29.8 Å². The molecule has 5 nitrogen and oxygen atoms in total. The Balaban J connectivity index is 3.09. The molecule has 1 aromatic rings. The minimum Gasteiger partial charge on any atom is -0.480 e. The van der Waals surface area contributed by atoms with Crippen LogP contribution < -0.4 is 4.72 Å². The molecule has 0 bridgehead atoms. The Morgan fingerprint density at radius 2 is 1.76 bits per heavy atom. The van der Waals surface area contributed by atoms with E-state index in [1.54, 1.807) is 4.72 Å². The van der Waals surface area contributed by atoms with Gasteiger partial charge < -0.3 is 5.11 Å². The van der Waals surface area contributed by atoms with Crippen LogP contribution in [0.15, 0.2) is 23.1 Å². The van der Waals surface area contributed by atoms with Crippen LogP contribution >= 0.6 is 0 Å². The molecule has 0 heterocycles. The first-order valence-electron chi connectivity index (χ1n) is 4.43. The molecular weight excluding hydrogens is 256 g/mol. The number of hydrogen-bond acceptors (Lipinski definition) is 3. The maximum Gasteiger partial charge on any atom is 0.321 e. The molecule has 0 fully saturated rings. The van der Waals surface area contributed by atoms with Gasteiger partial charge in [0.15, 0.2) is 0 Å². The third-order valence-electron chi connectivity index (χ3n) is 1.85. The molecule has 1 rings (SSSR count). The van der Waals surface area contributed by atoms with Crippen molar-refractivity contribution in [3.63, 3.8) is 0 Å². The Morgan fingerprint density at radius 3 is 2.18 bits per heavy atom. The van der Waals surface area contributed by atoms with Gasteiger partial charge in [-0.15, -0.1) is 0 Å². The van der Waals surface area contributed by atoms with Gasteiger partial charge in [-0.3, -0.25) is 4.79 Å². The zero-order valence-corrected chi connectivity index (χ0v) is 9.46. The van der Waals surface area contributed by atoms with Gasteiger partial charge in [0.1, 0.15) is 17.7 Å². The van der Waals surface area contributed by atoms with Gasteiger partial charge >= 0.3 is 5.97 Å². The Labute approximate surface area is 96.1 Å². The smallest absolute Gasteiger partial charge is 0.321 e. The molecule has 0 radical (unpaired) electrons. The molecule has 0 aromatic heterocycles. The molecule has 1 aromatic carbocycles. The number of carbonyl (C=O) groups is 1. The van der Waals surface area contributed by atoms with E-state index in [4.69, 9.17) is 5.11 Å². The molecular formula is C9H9F2NO4S. The van der Waals surface area contributed by atoms with Crippen molar-refractivity contribution < 1.29 is 27.1 Å². The molecule has 0 aliphatic rings. The first kappa shape index (κ1) is 13.5. The molecule has 0 spiro atoms. The van der Waals surface area contributed by atoms with Crippen molar-refractivity contribution in [1.29, 1.82) is 0 Å². The molecule has 0 amide bonds. The number of rotatable bonds is 4. The number of hydrogen-bond donors (Lipinski definition) is 2. The van der Waals surface area contributed by atoms with Crippen LogP contribution in [0.25, 0.3) is 0 Å². The monoisotopic (exact) mass is 265 g/mol. The Bertz CT molecular complexity index is 524. The third kappa shape index (κ3) is 3.46. The minimum atomic E-state index is -4.26. The van der Waals surface area contributed by atoms with Crippen LogP contribution in [0.1, 0.15) is 6.92 Å². The van der Waals surface area contributed by atoms with Crippen LogP contribution in [0.4, 0.5) is 8.78 Å². The fourth-order valence-corrected chi connectivity index (χ4v) is 2.27. The summed E-state index contributed by atoms with van der Waals surface area (Å²) >= 11 is 0. The van der Waals surface area contributed by atoms with E-state index in [0.717, 1.165) is 6.92 Å². The fourth-order valence-electron chi connectivity index (χ4n) is 1.03. The lowest BCUT2D eigenvalue weighted by Gasteiger charge is -2.10. The van der Waals surface area contributed by atoms with Gasteiger partial charge in [0.05, 0.1) is 4.90 Å². The van der Waals surface area contributed by atoms with Crippen LogP contribution in [0.3, 0.4) is 0 Å². The summed E-state index contributed by atoms with van der Waals surface area (Å²) < 4.78 is 50.5. The van der Waals surface area contributed by atoms with E-state index in [1.165, 1.54) is 0 Å². The lowest BCUT2D eigenvalue weighted by Crippen LogP contribution is -2.38. The predicted octanol–water partition coefficient (Wildman–Crippen LogP) is 0.716. The Morgan fingerprint density at radius 1 is 1.29 bits per heavy atom. The number of halogens is 2. The maximum absolute atomic E-state index is 12.8. The van der Waals surface area contributed by atoms with E-state index in [2.05, 4.69) is 0 Å². The van der Waals surface area contributed by atoms with Crippen molar-refractivity contribution in [2.45, 2.75) is 17.9 Å². The Kier molecular flexibility index (Phi) is 3.79. The van der Waals surface area contributed by atoms with Crippen LogP contribution in [-0.4, -0.2) is 25.5 Å². The van der Waals surface area contributed by atoms with E-state index in [-0.39, 0.29) is 0 Å². The number of nitrogens with one attached hydrogen (secondary N) is 1. The van der Waals surface area contributed by atoms with Gasteiger partial charge in [-0.2, -0.15) is 4.72 Å². The second-order valence-corrected chi connectivity index (χ2v) is 5.00. The van der Waals surface area contributed by atoms with Gasteiger partial charge in [0.25, 0.3) is 0 Å². The van der Waals surface area contributed by atoms with E-state index in [0.29, 0.717) is 18.2 Å². The van der Waals surface area contributed by atoms with Gasteiger partial charge in [0, 0.05) is 6.07 Å². The summed E-state index contributed by atoms with van der Waals surface area (Å²) in [5.41, 5.74) is 0. The molecule has 0 aliphatic carbocycles. The van der Waals surface area contributed by atoms with E-state index in [1.807, 2.05) is 0 Å². The van der Waals surface area contributed by atoms with E-state index < -0.39 is 38.6 Å². The summed E-state index contributed by atoms with van der Waals surface area (Å²) in [4.78, 5) is 9.80. The molecule has 2 N–H and O–H groups in total. The minimum absolute atomic E-state index is 0.514. The highest BCUT2D eigenvalue weighted by Crippen LogP contribution is 2.13. The van der Waals surface area contributed by atoms with Crippen molar-refractivity contribution >= 4 is 16.0 Å². The number of sulfonamides is 1. The number of carboxylic acids is 1. The largest absolute Gasteiger partial charge is 0.480 e. The van der Waals surface area contributed by atoms with E-state index >= 15 is 0 Å². The zero-order chi connectivity index (χ0) is 13.2. The average molecular weight is 265 g/mol. The van der Waals surface area contributed by atoms with Crippen molar-refractivity contribution in [3.8, 4) is 0 Å². The fraction of sp³-hybridized carbons (Fsp3) is 0.222. The maximum atomic E-state index is 12.8. The predicted molar refractivity (Wildman–Crippen MR) is 53.8 cm³/mol. The van der Waals surface area contributed by atoms with Crippen LogP contribution in [-0.2, 0) is 14.8 Å². The lowest BCUT2D eigenvalue weighted by molar-refractivity contribution is -0.138. The Hall–Kier alpha value is -1.54. The second kappa shape index (κ2) is 4.76. The first-order chi connectivity index (χ1) is 7.72. The quantitative estimate of drug-likeness (QED) is 0.840. The highest BCUT2D eigenvalue weighted by Gasteiger charge is 2.22. The summed E-state index contributed by atoms with van der Waals surface area (Å²) in [6, 6.07) is 0.311. The van der Waals surface area contributed by atoms with Gasteiger partial charge in [-0.25, -0.2) is 17.2 Å². The molecule has 8 heteroatoms. The second-order valence-electron chi connectivity index (χ2n) is 3.29. The number of carboxylic acid groups (broad SMARTS) is 1. The SMILES string of the molecule is C[C@H](NS(=O)(=O)c1cc(F)cc(F)c1)C(=O)O. The molecule has 94 valence electrons. The molecule has 0 saturated heterocycles. The molecule has 0 unspecified atom stereocenters. The average Bonchev–Trinajstić information content (AvgIpc) is 2.15. The summed E-state index contributed by atoms with van der Waals surface area (Å²) in [7, 11) is -4.26.